The minimum absolute atomic E-state index is 0.0118. The van der Waals surface area contributed by atoms with Crippen molar-refractivity contribution in [2.45, 2.75) is 23.9 Å². The summed E-state index contributed by atoms with van der Waals surface area (Å²) in [5.41, 5.74) is 1.26. The molecule has 2 aromatic carbocycles. The minimum Gasteiger partial charge on any atom is -0.437 e. The first-order valence-electron chi connectivity index (χ1n) is 11.4. The average Bonchev–Trinajstić information content (AvgIpc) is 3.44. The molecule has 0 radical (unpaired) electrons. The van der Waals surface area contributed by atoms with E-state index in [1.54, 1.807) is 12.1 Å². The van der Waals surface area contributed by atoms with Crippen molar-refractivity contribution in [3.05, 3.63) is 60.2 Å². The largest absolute Gasteiger partial charge is 0.437 e. The lowest BCUT2D eigenvalue weighted by molar-refractivity contribution is -0.117. The highest BCUT2D eigenvalue weighted by molar-refractivity contribution is 7.99. The quantitative estimate of drug-likeness (QED) is 0.271. The summed E-state index contributed by atoms with van der Waals surface area (Å²) < 4.78 is 34.9. The number of nitrogens with zero attached hydrogens (tertiary/aromatic N) is 6. The van der Waals surface area contributed by atoms with E-state index < -0.39 is 11.6 Å². The molecule has 0 bridgehead atoms. The van der Waals surface area contributed by atoms with Crippen molar-refractivity contribution in [3.8, 4) is 11.6 Å². The van der Waals surface area contributed by atoms with E-state index >= 15 is 0 Å². The molecule has 190 valence electrons. The number of fused-ring (bicyclic) bond motifs is 2. The van der Waals surface area contributed by atoms with Crippen molar-refractivity contribution in [1.29, 1.82) is 0 Å². The number of rotatable bonds is 9. The molecule has 0 atom stereocenters. The zero-order valence-electron chi connectivity index (χ0n) is 19.8. The van der Waals surface area contributed by atoms with Crippen LogP contribution < -0.4 is 10.1 Å². The van der Waals surface area contributed by atoms with Crippen molar-refractivity contribution in [2.24, 2.45) is 0 Å². The summed E-state index contributed by atoms with van der Waals surface area (Å²) in [7, 11) is 0. The summed E-state index contributed by atoms with van der Waals surface area (Å²) in [6, 6.07) is 11.8. The highest BCUT2D eigenvalue weighted by Gasteiger charge is 2.14. The van der Waals surface area contributed by atoms with Gasteiger partial charge in [0.05, 0.1) is 16.8 Å². The zero-order valence-corrected chi connectivity index (χ0v) is 21.4. The molecule has 0 unspecified atom stereocenters. The SMILES string of the molecule is CCN(CC)CC(=O)Nc1nc2ccc(Sc3nnc4ccc(Oc5cc(F)cc(F)c5)nn34)cc2s1. The Labute approximate surface area is 218 Å². The number of nitrogens with one attached hydrogen (secondary N) is 1. The van der Waals surface area contributed by atoms with Crippen LogP contribution in [0.3, 0.4) is 0 Å². The molecule has 1 N–H and O–H groups in total. The van der Waals surface area contributed by atoms with Crippen LogP contribution in [-0.4, -0.2) is 55.2 Å². The zero-order chi connectivity index (χ0) is 25.9. The maximum absolute atomic E-state index is 13.5. The number of halogens is 2. The molecular formula is C24H21F2N7O2S2. The van der Waals surface area contributed by atoms with Gasteiger partial charge in [-0.3, -0.25) is 9.69 Å². The number of thiazole rings is 1. The summed E-state index contributed by atoms with van der Waals surface area (Å²) in [6.45, 7) is 5.94. The molecule has 0 saturated heterocycles. The lowest BCUT2D eigenvalue weighted by Gasteiger charge is -2.16. The summed E-state index contributed by atoms with van der Waals surface area (Å²) in [5, 5.41) is 16.6. The van der Waals surface area contributed by atoms with Gasteiger partial charge in [-0.25, -0.2) is 13.8 Å². The molecular weight excluding hydrogens is 520 g/mol. The molecule has 9 nitrogen and oxygen atoms in total. The molecule has 0 aliphatic heterocycles. The third-order valence-corrected chi connectivity index (χ3v) is 7.21. The number of anilines is 1. The lowest BCUT2D eigenvalue weighted by atomic mass is 10.3. The van der Waals surface area contributed by atoms with Crippen LogP contribution in [0.25, 0.3) is 15.9 Å². The van der Waals surface area contributed by atoms with Crippen molar-refractivity contribution in [2.75, 3.05) is 25.0 Å². The van der Waals surface area contributed by atoms with E-state index in [4.69, 9.17) is 4.74 Å². The van der Waals surface area contributed by atoms with Gasteiger partial charge in [-0.15, -0.1) is 15.3 Å². The molecule has 5 aromatic rings. The second kappa shape index (κ2) is 10.7. The van der Waals surface area contributed by atoms with E-state index in [9.17, 15) is 13.6 Å². The molecule has 13 heteroatoms. The number of aromatic nitrogens is 5. The van der Waals surface area contributed by atoms with Crippen LogP contribution in [0.5, 0.6) is 11.6 Å². The van der Waals surface area contributed by atoms with Gasteiger partial charge < -0.3 is 10.1 Å². The Bertz CT molecular complexity index is 1570. The van der Waals surface area contributed by atoms with Gasteiger partial charge in [-0.05, 0) is 49.1 Å². The summed E-state index contributed by atoms with van der Waals surface area (Å²) in [6.07, 6.45) is 0. The molecule has 0 aliphatic carbocycles. The Morgan fingerprint density at radius 1 is 1.08 bits per heavy atom. The van der Waals surface area contributed by atoms with E-state index in [2.05, 4.69) is 25.6 Å². The van der Waals surface area contributed by atoms with Gasteiger partial charge in [0.1, 0.15) is 17.4 Å². The fourth-order valence-electron chi connectivity index (χ4n) is 3.52. The molecule has 0 fully saturated rings. The Morgan fingerprint density at radius 3 is 2.62 bits per heavy atom. The number of hydrogen-bond donors (Lipinski definition) is 1. The predicted octanol–water partition coefficient (Wildman–Crippen LogP) is 5.24. The molecule has 37 heavy (non-hydrogen) atoms. The topological polar surface area (TPSA) is 97.5 Å². The summed E-state index contributed by atoms with van der Waals surface area (Å²) in [4.78, 5) is 19.7. The fraction of sp³-hybridized carbons (Fsp3) is 0.208. The van der Waals surface area contributed by atoms with Gasteiger partial charge in [0.15, 0.2) is 10.8 Å². The first-order valence-corrected chi connectivity index (χ1v) is 13.0. The van der Waals surface area contributed by atoms with E-state index in [0.717, 1.165) is 46.4 Å². The number of hydrogen-bond acceptors (Lipinski definition) is 9. The molecule has 0 aliphatic rings. The molecule has 0 spiro atoms. The van der Waals surface area contributed by atoms with Gasteiger partial charge >= 0.3 is 0 Å². The molecule has 3 heterocycles. The number of amides is 1. The molecule has 1 amide bonds. The maximum atomic E-state index is 13.5. The van der Waals surface area contributed by atoms with Crippen LogP contribution in [0.2, 0.25) is 0 Å². The van der Waals surface area contributed by atoms with Crippen LogP contribution in [0.1, 0.15) is 13.8 Å². The van der Waals surface area contributed by atoms with E-state index in [1.807, 2.05) is 36.9 Å². The van der Waals surface area contributed by atoms with Crippen LogP contribution >= 0.6 is 23.1 Å². The van der Waals surface area contributed by atoms with Gasteiger partial charge in [0.25, 0.3) is 0 Å². The molecule has 3 aromatic heterocycles. The number of carbonyl (C=O) groups excluding carboxylic acids is 1. The van der Waals surface area contributed by atoms with Crippen LogP contribution in [0.15, 0.2) is 58.6 Å². The fourth-order valence-corrected chi connectivity index (χ4v) is 5.34. The molecule has 0 saturated carbocycles. The third-order valence-electron chi connectivity index (χ3n) is 5.35. The standard InChI is InChI=1S/C24H21F2N7O2S2/c1-3-32(4-2)13-21(34)28-23-27-18-6-5-17(12-19(18)37-23)36-24-30-29-20-7-8-22(31-33(20)24)35-16-10-14(25)9-15(26)11-16/h5-12H,3-4,13H2,1-2H3,(H,27,28,34). The van der Waals surface area contributed by atoms with E-state index in [-0.39, 0.29) is 17.5 Å². The van der Waals surface area contributed by atoms with Gasteiger partial charge in [-0.2, -0.15) is 4.52 Å². The predicted molar refractivity (Wildman–Crippen MR) is 137 cm³/mol. The second-order valence-corrected chi connectivity index (χ2v) is 9.96. The van der Waals surface area contributed by atoms with Crippen molar-refractivity contribution < 1.29 is 18.3 Å². The van der Waals surface area contributed by atoms with Gasteiger partial charge in [-0.1, -0.05) is 25.2 Å². The van der Waals surface area contributed by atoms with Crippen LogP contribution in [0, 0.1) is 11.6 Å². The van der Waals surface area contributed by atoms with Crippen LogP contribution in [-0.2, 0) is 4.79 Å². The van der Waals surface area contributed by atoms with E-state index in [1.165, 1.54) is 27.6 Å². The van der Waals surface area contributed by atoms with Crippen molar-refractivity contribution >= 4 is 50.0 Å². The summed E-state index contributed by atoms with van der Waals surface area (Å²) in [5.74, 6) is -1.48. The summed E-state index contributed by atoms with van der Waals surface area (Å²) >= 11 is 2.72. The average molecular weight is 542 g/mol. The minimum atomic E-state index is -0.748. The Balaban J connectivity index is 1.33. The Morgan fingerprint density at radius 2 is 1.86 bits per heavy atom. The Hall–Kier alpha value is -3.68. The normalized spacial score (nSPS) is 11.5. The smallest absolute Gasteiger partial charge is 0.240 e. The first kappa shape index (κ1) is 25.0. The first-order chi connectivity index (χ1) is 17.9. The highest BCUT2D eigenvalue weighted by Crippen LogP contribution is 2.33. The van der Waals surface area contributed by atoms with Crippen molar-refractivity contribution in [3.63, 3.8) is 0 Å². The highest BCUT2D eigenvalue weighted by atomic mass is 32.2. The number of likely N-dealkylation sites (N-methyl/N-ethyl adjacent to an activating group) is 1. The Kier molecular flexibility index (Phi) is 7.26. The second-order valence-electron chi connectivity index (χ2n) is 7.89. The van der Waals surface area contributed by atoms with Gasteiger partial charge in [0.2, 0.25) is 16.9 Å². The van der Waals surface area contributed by atoms with Crippen LogP contribution in [0.4, 0.5) is 13.9 Å². The van der Waals surface area contributed by atoms with Gasteiger partial charge in [0, 0.05) is 29.2 Å². The molecule has 5 rings (SSSR count). The number of carbonyl (C=O) groups is 1. The number of ether oxygens (including phenoxy) is 1. The number of benzene rings is 2. The lowest BCUT2D eigenvalue weighted by Crippen LogP contribution is -2.32. The van der Waals surface area contributed by atoms with E-state index in [0.29, 0.717) is 22.5 Å². The maximum Gasteiger partial charge on any atom is 0.240 e. The van der Waals surface area contributed by atoms with Crippen molar-refractivity contribution in [1.82, 2.24) is 29.7 Å². The monoisotopic (exact) mass is 541 g/mol. The third kappa shape index (κ3) is 5.84.